The van der Waals surface area contributed by atoms with Crippen molar-refractivity contribution in [1.29, 1.82) is 5.26 Å². The summed E-state index contributed by atoms with van der Waals surface area (Å²) in [5.41, 5.74) is -3.56. The molecule has 11 nitrogen and oxygen atoms in total. The Morgan fingerprint density at radius 1 is 1.07 bits per heavy atom. The van der Waals surface area contributed by atoms with E-state index in [0.717, 1.165) is 6.20 Å². The fourth-order valence-electron chi connectivity index (χ4n) is 4.95. The predicted molar refractivity (Wildman–Crippen MR) is 137 cm³/mol. The molecule has 2 aromatic heterocycles. The van der Waals surface area contributed by atoms with Crippen molar-refractivity contribution < 1.29 is 35.9 Å². The number of piperazine rings is 1. The maximum absolute atomic E-state index is 13.5. The number of hydrogen-bond donors (Lipinski definition) is 1. The number of alkyl halides is 6. The number of halogens is 6. The summed E-state index contributed by atoms with van der Waals surface area (Å²) >= 11 is 0. The molecule has 226 valence electrons. The molecule has 1 fully saturated rings. The van der Waals surface area contributed by atoms with Gasteiger partial charge in [0.2, 0.25) is 5.91 Å². The molecule has 1 saturated heterocycles. The van der Waals surface area contributed by atoms with Crippen molar-refractivity contribution >= 4 is 23.2 Å². The summed E-state index contributed by atoms with van der Waals surface area (Å²) in [6.07, 6.45) is -8.90. The normalized spacial score (nSPS) is 19.0. The van der Waals surface area contributed by atoms with Gasteiger partial charge >= 0.3 is 12.4 Å². The maximum Gasteiger partial charge on any atom is 0.434 e. The molecule has 4 heterocycles. The Labute approximate surface area is 239 Å². The first-order valence-corrected chi connectivity index (χ1v) is 12.8. The Morgan fingerprint density at radius 3 is 2.47 bits per heavy atom. The number of aromatic amines is 1. The molecule has 5 rings (SSSR count). The van der Waals surface area contributed by atoms with Gasteiger partial charge < -0.3 is 19.4 Å². The number of anilines is 3. The van der Waals surface area contributed by atoms with Crippen molar-refractivity contribution in [1.82, 2.24) is 25.1 Å². The minimum absolute atomic E-state index is 0.124. The lowest BCUT2D eigenvalue weighted by Gasteiger charge is -2.41. The number of aromatic nitrogens is 4. The highest BCUT2D eigenvalue weighted by molar-refractivity contribution is 5.78. The first kappa shape index (κ1) is 29.6. The number of rotatable bonds is 4. The standard InChI is InChI=1S/C26H22F6N8O3/c1-14-12-38(4-5-39(14)22-11-34-20(10-35-22)26(30,31)32)23(41)7-16-13-40(18-6-15(9-33)2-3-19(18)43-16)21-8-17(25(27,28)29)24(42)37-36-21/h2-3,6,8,10-11,14,16H,4-5,7,12-13H2,1H3,(H,37,42)/t14-,16?/m1/s1. The van der Waals surface area contributed by atoms with Crippen LogP contribution in [0.15, 0.2) is 41.5 Å². The third-order valence-corrected chi connectivity index (χ3v) is 7.04. The Bertz CT molecular complexity index is 1620. The third kappa shape index (κ3) is 6.17. The van der Waals surface area contributed by atoms with E-state index in [1.165, 1.54) is 23.1 Å². The molecule has 0 bridgehead atoms. The van der Waals surface area contributed by atoms with Crippen LogP contribution in [-0.4, -0.2) is 69.3 Å². The SMILES string of the molecule is C[C@@H]1CN(C(=O)CC2CN(c3cc(C(F)(F)F)c(=O)[nH]n3)c3cc(C#N)ccc3O2)CCN1c1cnc(C(F)(F)F)cn1. The van der Waals surface area contributed by atoms with E-state index in [0.29, 0.717) is 12.3 Å². The second-order valence-corrected chi connectivity index (χ2v) is 9.96. The quantitative estimate of drug-likeness (QED) is 0.442. The molecule has 1 aromatic carbocycles. The van der Waals surface area contributed by atoms with Crippen molar-refractivity contribution in [2.24, 2.45) is 0 Å². The van der Waals surface area contributed by atoms with Crippen molar-refractivity contribution in [3.8, 4) is 11.8 Å². The van der Waals surface area contributed by atoms with E-state index in [-0.39, 0.29) is 73.2 Å². The van der Waals surface area contributed by atoms with Gasteiger partial charge in [-0.1, -0.05) is 0 Å². The van der Waals surface area contributed by atoms with Crippen molar-refractivity contribution in [3.05, 3.63) is 63.8 Å². The van der Waals surface area contributed by atoms with Crippen LogP contribution in [0.25, 0.3) is 0 Å². The van der Waals surface area contributed by atoms with Crippen LogP contribution in [0.5, 0.6) is 5.75 Å². The molecule has 0 spiro atoms. The van der Waals surface area contributed by atoms with Gasteiger partial charge in [-0.15, -0.1) is 0 Å². The fraction of sp³-hybridized carbons (Fsp3) is 0.385. The van der Waals surface area contributed by atoms with Crippen LogP contribution >= 0.6 is 0 Å². The molecule has 17 heteroatoms. The molecule has 1 N–H and O–H groups in total. The number of fused-ring (bicyclic) bond motifs is 1. The van der Waals surface area contributed by atoms with Gasteiger partial charge in [0.15, 0.2) is 11.5 Å². The summed E-state index contributed by atoms with van der Waals surface area (Å²) in [5, 5.41) is 15.0. The number of nitrogens with one attached hydrogen (secondary N) is 1. The Balaban J connectivity index is 1.32. The van der Waals surface area contributed by atoms with Crippen molar-refractivity contribution in [2.45, 2.75) is 37.8 Å². The van der Waals surface area contributed by atoms with E-state index in [1.807, 2.05) is 11.2 Å². The molecule has 2 aliphatic heterocycles. The van der Waals surface area contributed by atoms with Gasteiger partial charge in [-0.3, -0.25) is 9.59 Å². The monoisotopic (exact) mass is 608 g/mol. The second-order valence-electron chi connectivity index (χ2n) is 9.96. The first-order valence-electron chi connectivity index (χ1n) is 12.8. The minimum atomic E-state index is -4.95. The summed E-state index contributed by atoms with van der Waals surface area (Å²) in [7, 11) is 0. The van der Waals surface area contributed by atoms with Crippen LogP contribution in [0.3, 0.4) is 0 Å². The summed E-state index contributed by atoms with van der Waals surface area (Å²) in [6.45, 7) is 2.37. The topological polar surface area (TPSA) is 131 Å². The zero-order chi connectivity index (χ0) is 31.1. The Morgan fingerprint density at radius 2 is 1.84 bits per heavy atom. The molecule has 43 heavy (non-hydrogen) atoms. The van der Waals surface area contributed by atoms with E-state index in [1.54, 1.807) is 16.7 Å². The summed E-state index contributed by atoms with van der Waals surface area (Å²) < 4.78 is 84.9. The van der Waals surface area contributed by atoms with Gasteiger partial charge in [0, 0.05) is 31.7 Å². The van der Waals surface area contributed by atoms with E-state index in [2.05, 4.69) is 15.1 Å². The lowest BCUT2D eigenvalue weighted by molar-refractivity contribution is -0.141. The average Bonchev–Trinajstić information content (AvgIpc) is 2.95. The molecule has 1 amide bonds. The van der Waals surface area contributed by atoms with E-state index < -0.39 is 35.3 Å². The van der Waals surface area contributed by atoms with E-state index in [9.17, 15) is 41.2 Å². The van der Waals surface area contributed by atoms with Crippen molar-refractivity contribution in [3.63, 3.8) is 0 Å². The molecular weight excluding hydrogens is 586 g/mol. The van der Waals surface area contributed by atoms with Crippen LogP contribution in [-0.2, 0) is 17.1 Å². The largest absolute Gasteiger partial charge is 0.486 e. The molecule has 0 radical (unpaired) electrons. The van der Waals surface area contributed by atoms with Gasteiger partial charge in [0.1, 0.15) is 23.2 Å². The van der Waals surface area contributed by atoms with Gasteiger partial charge in [0.05, 0.1) is 42.7 Å². The third-order valence-electron chi connectivity index (χ3n) is 7.04. The highest BCUT2D eigenvalue weighted by Gasteiger charge is 2.38. The van der Waals surface area contributed by atoms with Crippen LogP contribution in [0, 0.1) is 11.3 Å². The van der Waals surface area contributed by atoms with Crippen LogP contribution in [0.2, 0.25) is 0 Å². The average molecular weight is 609 g/mol. The molecular formula is C26H22F6N8O3. The van der Waals surface area contributed by atoms with E-state index in [4.69, 9.17) is 4.74 Å². The van der Waals surface area contributed by atoms with E-state index >= 15 is 0 Å². The molecule has 2 aliphatic rings. The lowest BCUT2D eigenvalue weighted by Crippen LogP contribution is -2.55. The lowest BCUT2D eigenvalue weighted by atomic mass is 10.1. The number of amides is 1. The molecule has 1 unspecified atom stereocenters. The number of H-pyrrole nitrogens is 1. The van der Waals surface area contributed by atoms with Gasteiger partial charge in [-0.05, 0) is 25.1 Å². The molecule has 0 aliphatic carbocycles. The summed E-state index contributed by atoms with van der Waals surface area (Å²) in [4.78, 5) is 37.0. The van der Waals surface area contributed by atoms with Gasteiger partial charge in [0.25, 0.3) is 5.56 Å². The number of carbonyl (C=O) groups is 1. The Kier molecular flexibility index (Phi) is 7.63. The number of benzene rings is 1. The van der Waals surface area contributed by atoms with Crippen LogP contribution < -0.4 is 20.1 Å². The molecule has 3 aromatic rings. The van der Waals surface area contributed by atoms with Gasteiger partial charge in [-0.2, -0.15) is 36.7 Å². The predicted octanol–water partition coefficient (Wildman–Crippen LogP) is 3.50. The highest BCUT2D eigenvalue weighted by atomic mass is 19.4. The smallest absolute Gasteiger partial charge is 0.434 e. The van der Waals surface area contributed by atoms with Crippen LogP contribution in [0.1, 0.15) is 30.2 Å². The van der Waals surface area contributed by atoms with Crippen molar-refractivity contribution in [2.75, 3.05) is 36.0 Å². The number of hydrogen-bond acceptors (Lipinski definition) is 9. The summed E-state index contributed by atoms with van der Waals surface area (Å²) in [5.74, 6) is -0.149. The molecule has 2 atom stereocenters. The minimum Gasteiger partial charge on any atom is -0.486 e. The zero-order valence-corrected chi connectivity index (χ0v) is 22.3. The zero-order valence-electron chi connectivity index (χ0n) is 22.3. The number of nitrogens with zero attached hydrogens (tertiary/aromatic N) is 7. The maximum atomic E-state index is 13.5. The van der Waals surface area contributed by atoms with Gasteiger partial charge in [-0.25, -0.2) is 15.1 Å². The fourth-order valence-corrected chi connectivity index (χ4v) is 4.95. The number of nitriles is 1. The Hall–Kier alpha value is -4.88. The number of ether oxygens (including phenoxy) is 1. The summed E-state index contributed by atoms with van der Waals surface area (Å²) in [6, 6.07) is 6.54. The first-order chi connectivity index (χ1) is 20.2. The molecule has 0 saturated carbocycles. The van der Waals surface area contributed by atoms with Crippen LogP contribution in [0.4, 0.5) is 43.7 Å². The highest BCUT2D eigenvalue weighted by Crippen LogP contribution is 2.40. The number of carbonyl (C=O) groups excluding carboxylic acids is 1. The second kappa shape index (κ2) is 11.1.